The number of rotatable bonds is 2. The molecule has 1 heterocycles. The van der Waals surface area contributed by atoms with Gasteiger partial charge in [0.25, 0.3) is 0 Å². The molecule has 1 N–H and O–H groups in total. The van der Waals surface area contributed by atoms with E-state index in [1.54, 1.807) is 0 Å². The fourth-order valence-electron chi connectivity index (χ4n) is 1.36. The maximum atomic E-state index is 7.00. The lowest BCUT2D eigenvalue weighted by atomic mass is 10.2. The van der Waals surface area contributed by atoms with Gasteiger partial charge < -0.3 is 14.7 Å². The summed E-state index contributed by atoms with van der Waals surface area (Å²) >= 11 is 0. The molecular formula is C9H21NO2. The molecule has 1 fully saturated rings. The fraction of sp³-hybridized carbons (Fsp3) is 1.00. The molecule has 0 bridgehead atoms. The van der Waals surface area contributed by atoms with E-state index in [0.29, 0.717) is 6.10 Å². The third kappa shape index (κ3) is 4.70. The van der Waals surface area contributed by atoms with E-state index in [-0.39, 0.29) is 0 Å². The first-order valence-electron chi connectivity index (χ1n) is 4.57. The largest absolute Gasteiger partial charge is 0.400 e. The Hall–Kier alpha value is -0.120. The molecule has 0 aromatic heterocycles. The van der Waals surface area contributed by atoms with Crippen LogP contribution < -0.4 is 0 Å². The van der Waals surface area contributed by atoms with Crippen LogP contribution in [0.15, 0.2) is 0 Å². The molecule has 0 saturated carbocycles. The van der Waals surface area contributed by atoms with E-state index in [2.05, 4.69) is 18.9 Å². The van der Waals surface area contributed by atoms with Crippen molar-refractivity contribution >= 4 is 0 Å². The Labute approximate surface area is 75.3 Å². The van der Waals surface area contributed by atoms with Crippen LogP contribution >= 0.6 is 0 Å². The maximum absolute atomic E-state index is 7.00. The van der Waals surface area contributed by atoms with Gasteiger partial charge in [-0.2, -0.15) is 0 Å². The minimum atomic E-state index is 0.503. The second-order valence-electron chi connectivity index (χ2n) is 3.04. The minimum Gasteiger partial charge on any atom is -0.400 e. The van der Waals surface area contributed by atoms with Gasteiger partial charge in [0, 0.05) is 20.2 Å². The summed E-state index contributed by atoms with van der Waals surface area (Å²) in [6, 6.07) is 0. The average Bonchev–Trinajstić information content (AvgIpc) is 2.09. The van der Waals surface area contributed by atoms with E-state index in [1.165, 1.54) is 12.8 Å². The Balaban J connectivity index is 0.000000561. The number of likely N-dealkylation sites (N-methyl/N-ethyl adjacent to an activating group) is 1. The van der Waals surface area contributed by atoms with Gasteiger partial charge in [0.2, 0.25) is 0 Å². The summed E-state index contributed by atoms with van der Waals surface area (Å²) in [5.41, 5.74) is 0. The number of aliphatic hydroxyl groups excluding tert-OH is 1. The van der Waals surface area contributed by atoms with Crippen LogP contribution in [0.4, 0.5) is 0 Å². The van der Waals surface area contributed by atoms with Crippen LogP contribution in [0.5, 0.6) is 0 Å². The highest BCUT2D eigenvalue weighted by molar-refractivity contribution is 4.67. The Bertz CT molecular complexity index is 96.5. The molecule has 1 saturated heterocycles. The van der Waals surface area contributed by atoms with Crippen molar-refractivity contribution in [3.63, 3.8) is 0 Å². The summed E-state index contributed by atoms with van der Waals surface area (Å²) in [5, 5.41) is 7.00. The van der Waals surface area contributed by atoms with E-state index >= 15 is 0 Å². The molecule has 0 amide bonds. The van der Waals surface area contributed by atoms with Crippen molar-refractivity contribution in [2.24, 2.45) is 0 Å². The molecule has 1 atom stereocenters. The second-order valence-corrected chi connectivity index (χ2v) is 3.04. The number of morpholine rings is 1. The smallest absolute Gasteiger partial charge is 0.0702 e. The fourth-order valence-corrected chi connectivity index (χ4v) is 1.36. The summed E-state index contributed by atoms with van der Waals surface area (Å²) in [5.74, 6) is 0. The number of aliphatic hydroxyl groups is 1. The lowest BCUT2D eigenvalue weighted by molar-refractivity contribution is -0.0234. The van der Waals surface area contributed by atoms with Gasteiger partial charge in [-0.1, -0.05) is 13.3 Å². The molecular weight excluding hydrogens is 154 g/mol. The summed E-state index contributed by atoms with van der Waals surface area (Å²) in [6.07, 6.45) is 2.95. The van der Waals surface area contributed by atoms with Crippen molar-refractivity contribution < 1.29 is 9.84 Å². The second kappa shape index (κ2) is 7.53. The summed E-state index contributed by atoms with van der Waals surface area (Å²) in [6.45, 7) is 5.34. The Morgan fingerprint density at radius 1 is 1.50 bits per heavy atom. The lowest BCUT2D eigenvalue weighted by Gasteiger charge is -2.29. The summed E-state index contributed by atoms with van der Waals surface area (Å²) in [7, 11) is 3.16. The highest BCUT2D eigenvalue weighted by Crippen LogP contribution is 2.07. The molecule has 0 aromatic rings. The van der Waals surface area contributed by atoms with Crippen LogP contribution in [0.3, 0.4) is 0 Å². The van der Waals surface area contributed by atoms with Gasteiger partial charge in [0.05, 0.1) is 12.7 Å². The minimum absolute atomic E-state index is 0.503. The van der Waals surface area contributed by atoms with Crippen molar-refractivity contribution in [2.75, 3.05) is 33.9 Å². The number of nitrogens with zero attached hydrogens (tertiary/aromatic N) is 1. The normalized spacial score (nSPS) is 24.5. The SMILES string of the molecule is CCCC1CN(C)CCO1.CO. The van der Waals surface area contributed by atoms with Crippen molar-refractivity contribution in [1.29, 1.82) is 0 Å². The third-order valence-corrected chi connectivity index (χ3v) is 1.95. The third-order valence-electron chi connectivity index (χ3n) is 1.95. The van der Waals surface area contributed by atoms with Crippen LogP contribution in [0.25, 0.3) is 0 Å². The van der Waals surface area contributed by atoms with Crippen molar-refractivity contribution in [3.05, 3.63) is 0 Å². The van der Waals surface area contributed by atoms with E-state index in [4.69, 9.17) is 9.84 Å². The molecule has 1 aliphatic heterocycles. The summed E-state index contributed by atoms with van der Waals surface area (Å²) < 4.78 is 5.55. The Morgan fingerprint density at radius 2 is 2.17 bits per heavy atom. The molecule has 0 aromatic carbocycles. The van der Waals surface area contributed by atoms with Gasteiger partial charge >= 0.3 is 0 Å². The van der Waals surface area contributed by atoms with Crippen LogP contribution in [-0.4, -0.2) is 50.0 Å². The predicted octanol–water partition coefficient (Wildman–Crippen LogP) is 0.726. The molecule has 3 heteroatoms. The van der Waals surface area contributed by atoms with Crippen molar-refractivity contribution in [2.45, 2.75) is 25.9 Å². The highest BCUT2D eigenvalue weighted by atomic mass is 16.5. The summed E-state index contributed by atoms with van der Waals surface area (Å²) in [4.78, 5) is 2.34. The molecule has 74 valence electrons. The van der Waals surface area contributed by atoms with Crippen LogP contribution in [0, 0.1) is 0 Å². The van der Waals surface area contributed by atoms with Crippen LogP contribution in [-0.2, 0) is 4.74 Å². The van der Waals surface area contributed by atoms with E-state index in [0.717, 1.165) is 26.8 Å². The Morgan fingerprint density at radius 3 is 2.67 bits per heavy atom. The monoisotopic (exact) mass is 175 g/mol. The molecule has 0 spiro atoms. The van der Waals surface area contributed by atoms with Crippen LogP contribution in [0.1, 0.15) is 19.8 Å². The number of hydrogen-bond acceptors (Lipinski definition) is 3. The highest BCUT2D eigenvalue weighted by Gasteiger charge is 2.15. The molecule has 3 nitrogen and oxygen atoms in total. The van der Waals surface area contributed by atoms with Crippen LogP contribution in [0.2, 0.25) is 0 Å². The van der Waals surface area contributed by atoms with E-state index in [1.807, 2.05) is 0 Å². The average molecular weight is 175 g/mol. The molecule has 12 heavy (non-hydrogen) atoms. The van der Waals surface area contributed by atoms with Gasteiger partial charge in [-0.3, -0.25) is 0 Å². The molecule has 1 rings (SSSR count). The first kappa shape index (κ1) is 11.9. The van der Waals surface area contributed by atoms with E-state index < -0.39 is 0 Å². The molecule has 0 aliphatic carbocycles. The first-order valence-corrected chi connectivity index (χ1v) is 4.57. The predicted molar refractivity (Wildman–Crippen MR) is 50.3 cm³/mol. The molecule has 1 unspecified atom stereocenters. The topological polar surface area (TPSA) is 32.7 Å². The van der Waals surface area contributed by atoms with Gasteiger partial charge in [-0.05, 0) is 13.5 Å². The van der Waals surface area contributed by atoms with Crippen molar-refractivity contribution in [1.82, 2.24) is 4.90 Å². The van der Waals surface area contributed by atoms with Gasteiger partial charge in [0.15, 0.2) is 0 Å². The van der Waals surface area contributed by atoms with E-state index in [9.17, 15) is 0 Å². The number of hydrogen-bond donors (Lipinski definition) is 1. The van der Waals surface area contributed by atoms with Crippen molar-refractivity contribution in [3.8, 4) is 0 Å². The van der Waals surface area contributed by atoms with Gasteiger partial charge in [0.1, 0.15) is 0 Å². The maximum Gasteiger partial charge on any atom is 0.0702 e. The molecule has 0 radical (unpaired) electrons. The zero-order chi connectivity index (χ0) is 9.40. The zero-order valence-electron chi connectivity index (χ0n) is 8.42. The van der Waals surface area contributed by atoms with Gasteiger partial charge in [-0.25, -0.2) is 0 Å². The Kier molecular flexibility index (Phi) is 7.45. The van der Waals surface area contributed by atoms with Gasteiger partial charge in [-0.15, -0.1) is 0 Å². The molecule has 1 aliphatic rings. The first-order chi connectivity index (χ1) is 5.83. The standard InChI is InChI=1S/C8H17NO.CH4O/c1-3-4-8-7-9(2)5-6-10-8;1-2/h8H,3-7H2,1-2H3;2H,1H3. The number of ether oxygens (including phenoxy) is 1. The zero-order valence-corrected chi connectivity index (χ0v) is 8.42. The lowest BCUT2D eigenvalue weighted by Crippen LogP contribution is -2.39. The quantitative estimate of drug-likeness (QED) is 0.671.